The Morgan fingerprint density at radius 2 is 1.75 bits per heavy atom. The van der Waals surface area contributed by atoms with Crippen LogP contribution in [0.3, 0.4) is 0 Å². The number of hydrogen-bond donors (Lipinski definition) is 3. The molecule has 0 aliphatic carbocycles. The third-order valence-electron chi connectivity index (χ3n) is 3.15. The van der Waals surface area contributed by atoms with E-state index in [-0.39, 0.29) is 17.4 Å². The molecule has 0 saturated heterocycles. The normalized spacial score (nSPS) is 10.2. The molecule has 4 heteroatoms. The van der Waals surface area contributed by atoms with E-state index >= 15 is 0 Å². The molecule has 0 aliphatic heterocycles. The lowest BCUT2D eigenvalue weighted by atomic mass is 10.0. The molecular weight excluding hydrogens is 254 g/mol. The van der Waals surface area contributed by atoms with Crippen molar-refractivity contribution in [1.82, 2.24) is 5.32 Å². The lowest BCUT2D eigenvalue weighted by Crippen LogP contribution is -2.25. The predicted octanol–water partition coefficient (Wildman–Crippen LogP) is 2.38. The Morgan fingerprint density at radius 1 is 1.10 bits per heavy atom. The van der Waals surface area contributed by atoms with Crippen molar-refractivity contribution in [3.8, 4) is 11.5 Å². The highest BCUT2D eigenvalue weighted by molar-refractivity contribution is 5.94. The van der Waals surface area contributed by atoms with E-state index in [4.69, 9.17) is 0 Å². The topological polar surface area (TPSA) is 69.6 Å². The second-order valence-corrected chi connectivity index (χ2v) is 4.64. The molecule has 2 rings (SSSR count). The summed E-state index contributed by atoms with van der Waals surface area (Å²) in [7, 11) is 0. The zero-order chi connectivity index (χ0) is 14.5. The summed E-state index contributed by atoms with van der Waals surface area (Å²) in [6.07, 6.45) is 0.595. The Balaban J connectivity index is 1.94. The Morgan fingerprint density at radius 3 is 2.45 bits per heavy atom. The van der Waals surface area contributed by atoms with Crippen molar-refractivity contribution < 1.29 is 15.0 Å². The summed E-state index contributed by atoms with van der Waals surface area (Å²) in [5, 5.41) is 21.7. The molecule has 20 heavy (non-hydrogen) atoms. The van der Waals surface area contributed by atoms with Gasteiger partial charge in [0, 0.05) is 12.1 Å². The molecular formula is C16H17NO3. The van der Waals surface area contributed by atoms with Crippen LogP contribution in [0.1, 0.15) is 21.5 Å². The zero-order valence-electron chi connectivity index (χ0n) is 11.3. The van der Waals surface area contributed by atoms with E-state index in [9.17, 15) is 15.0 Å². The zero-order valence-corrected chi connectivity index (χ0v) is 11.3. The lowest BCUT2D eigenvalue weighted by Gasteiger charge is -2.09. The summed E-state index contributed by atoms with van der Waals surface area (Å²) in [6, 6.07) is 12.1. The maximum Gasteiger partial charge on any atom is 0.251 e. The van der Waals surface area contributed by atoms with E-state index in [0.717, 1.165) is 11.1 Å². The third-order valence-corrected chi connectivity index (χ3v) is 3.15. The van der Waals surface area contributed by atoms with Crippen LogP contribution in [0.15, 0.2) is 42.5 Å². The van der Waals surface area contributed by atoms with E-state index in [0.29, 0.717) is 18.5 Å². The van der Waals surface area contributed by atoms with Crippen LogP contribution in [0, 0.1) is 6.92 Å². The minimum Gasteiger partial charge on any atom is -0.504 e. The van der Waals surface area contributed by atoms with Gasteiger partial charge in [0.25, 0.3) is 5.91 Å². The molecule has 0 saturated carbocycles. The number of amides is 1. The van der Waals surface area contributed by atoms with Crippen LogP contribution >= 0.6 is 0 Å². The summed E-state index contributed by atoms with van der Waals surface area (Å²) in [4.78, 5) is 11.8. The van der Waals surface area contributed by atoms with E-state index in [1.54, 1.807) is 12.1 Å². The van der Waals surface area contributed by atoms with Gasteiger partial charge in [0.05, 0.1) is 0 Å². The minimum atomic E-state index is -0.139. The SMILES string of the molecule is Cc1cc(O)c(O)cc1CCNC(=O)c1ccccc1. The van der Waals surface area contributed by atoms with Crippen molar-refractivity contribution in [3.63, 3.8) is 0 Å². The number of phenolic OH excluding ortho intramolecular Hbond substituents is 2. The molecule has 2 aromatic carbocycles. The molecule has 2 aromatic rings. The molecule has 0 spiro atoms. The number of benzene rings is 2. The highest BCUT2D eigenvalue weighted by Gasteiger charge is 2.07. The van der Waals surface area contributed by atoms with E-state index < -0.39 is 0 Å². The summed E-state index contributed by atoms with van der Waals surface area (Å²) in [6.45, 7) is 2.33. The molecule has 0 heterocycles. The standard InChI is InChI=1S/C16H17NO3/c1-11-9-14(18)15(19)10-13(11)7-8-17-16(20)12-5-3-2-4-6-12/h2-6,9-10,18-19H,7-8H2,1H3,(H,17,20). The predicted molar refractivity (Wildman–Crippen MR) is 77.0 cm³/mol. The number of hydrogen-bond acceptors (Lipinski definition) is 3. The van der Waals surface area contributed by atoms with Gasteiger partial charge in [-0.3, -0.25) is 4.79 Å². The van der Waals surface area contributed by atoms with Gasteiger partial charge in [-0.15, -0.1) is 0 Å². The Hall–Kier alpha value is -2.49. The maximum absolute atomic E-state index is 11.8. The van der Waals surface area contributed by atoms with Crippen molar-refractivity contribution in [2.24, 2.45) is 0 Å². The van der Waals surface area contributed by atoms with Crippen molar-refractivity contribution in [2.75, 3.05) is 6.54 Å². The number of aromatic hydroxyl groups is 2. The molecule has 0 aromatic heterocycles. The Kier molecular flexibility index (Phi) is 4.25. The smallest absolute Gasteiger partial charge is 0.251 e. The van der Waals surface area contributed by atoms with Crippen LogP contribution in [0.2, 0.25) is 0 Å². The largest absolute Gasteiger partial charge is 0.504 e. The number of nitrogens with one attached hydrogen (secondary N) is 1. The van der Waals surface area contributed by atoms with E-state index in [1.165, 1.54) is 12.1 Å². The monoisotopic (exact) mass is 271 g/mol. The van der Waals surface area contributed by atoms with Gasteiger partial charge in [0.1, 0.15) is 0 Å². The fourth-order valence-electron chi connectivity index (χ4n) is 2.00. The first kappa shape index (κ1) is 13.9. The fourth-order valence-corrected chi connectivity index (χ4v) is 2.00. The second-order valence-electron chi connectivity index (χ2n) is 4.64. The van der Waals surface area contributed by atoms with E-state index in [1.807, 2.05) is 25.1 Å². The highest BCUT2D eigenvalue weighted by atomic mass is 16.3. The Bertz CT molecular complexity index is 609. The van der Waals surface area contributed by atoms with Crippen molar-refractivity contribution in [3.05, 3.63) is 59.2 Å². The number of carbonyl (C=O) groups excluding carboxylic acids is 1. The van der Waals surface area contributed by atoms with Gasteiger partial charge >= 0.3 is 0 Å². The lowest BCUT2D eigenvalue weighted by molar-refractivity contribution is 0.0954. The van der Waals surface area contributed by atoms with Crippen molar-refractivity contribution in [1.29, 1.82) is 0 Å². The van der Waals surface area contributed by atoms with Gasteiger partial charge < -0.3 is 15.5 Å². The summed E-state index contributed by atoms with van der Waals surface area (Å²) in [5.74, 6) is -0.384. The second kappa shape index (κ2) is 6.10. The molecule has 0 bridgehead atoms. The molecule has 0 fully saturated rings. The minimum absolute atomic E-state index is 0.119. The molecule has 1 amide bonds. The quantitative estimate of drug-likeness (QED) is 0.748. The molecule has 0 aliphatic rings. The van der Waals surface area contributed by atoms with Crippen LogP contribution in [-0.4, -0.2) is 22.7 Å². The number of phenols is 2. The van der Waals surface area contributed by atoms with Crippen LogP contribution in [0.4, 0.5) is 0 Å². The summed E-state index contributed by atoms with van der Waals surface area (Å²) < 4.78 is 0. The van der Waals surface area contributed by atoms with Crippen LogP contribution in [0.25, 0.3) is 0 Å². The van der Waals surface area contributed by atoms with Gasteiger partial charge in [0.15, 0.2) is 11.5 Å². The van der Waals surface area contributed by atoms with Gasteiger partial charge in [-0.25, -0.2) is 0 Å². The van der Waals surface area contributed by atoms with Crippen LogP contribution in [0.5, 0.6) is 11.5 Å². The highest BCUT2D eigenvalue weighted by Crippen LogP contribution is 2.27. The molecule has 0 unspecified atom stereocenters. The molecule has 4 nitrogen and oxygen atoms in total. The van der Waals surface area contributed by atoms with Gasteiger partial charge in [-0.05, 0) is 48.7 Å². The average molecular weight is 271 g/mol. The van der Waals surface area contributed by atoms with E-state index in [2.05, 4.69) is 5.32 Å². The van der Waals surface area contributed by atoms with Gasteiger partial charge in [-0.1, -0.05) is 18.2 Å². The first-order chi connectivity index (χ1) is 9.58. The van der Waals surface area contributed by atoms with Gasteiger partial charge in [-0.2, -0.15) is 0 Å². The Labute approximate surface area is 117 Å². The van der Waals surface area contributed by atoms with Crippen molar-refractivity contribution in [2.45, 2.75) is 13.3 Å². The number of aryl methyl sites for hydroxylation is 1. The molecule has 0 radical (unpaired) electrons. The van der Waals surface area contributed by atoms with Crippen molar-refractivity contribution >= 4 is 5.91 Å². The molecule has 3 N–H and O–H groups in total. The average Bonchev–Trinajstić information content (AvgIpc) is 2.45. The summed E-state index contributed by atoms with van der Waals surface area (Å²) >= 11 is 0. The number of rotatable bonds is 4. The first-order valence-electron chi connectivity index (χ1n) is 6.42. The third kappa shape index (κ3) is 3.29. The van der Waals surface area contributed by atoms with Gasteiger partial charge in [0.2, 0.25) is 0 Å². The van der Waals surface area contributed by atoms with Crippen LogP contribution in [-0.2, 0) is 6.42 Å². The molecule has 0 atom stereocenters. The first-order valence-corrected chi connectivity index (χ1v) is 6.42. The summed E-state index contributed by atoms with van der Waals surface area (Å²) in [5.41, 5.74) is 2.40. The van der Waals surface area contributed by atoms with Crippen LogP contribution < -0.4 is 5.32 Å². The number of carbonyl (C=O) groups is 1. The maximum atomic E-state index is 11.8. The molecule has 104 valence electrons. The fraction of sp³-hybridized carbons (Fsp3) is 0.188.